The number of nitrogens with zero attached hydrogens (tertiary/aromatic N) is 2. The number of rotatable bonds is 12. The molecule has 1 saturated heterocycles. The number of nitrogens with one attached hydrogen (secondary N) is 1. The highest BCUT2D eigenvalue weighted by molar-refractivity contribution is 5.97. The van der Waals surface area contributed by atoms with Crippen LogP contribution < -0.4 is 20.7 Å². The molecule has 42 heavy (non-hydrogen) atoms. The Morgan fingerprint density at radius 1 is 1.12 bits per heavy atom. The van der Waals surface area contributed by atoms with Crippen molar-refractivity contribution >= 4 is 17.5 Å². The van der Waals surface area contributed by atoms with E-state index in [0.29, 0.717) is 23.4 Å². The van der Waals surface area contributed by atoms with E-state index in [4.69, 9.17) is 15.3 Å². The van der Waals surface area contributed by atoms with Crippen LogP contribution in [0, 0.1) is 5.92 Å². The van der Waals surface area contributed by atoms with Crippen LogP contribution in [0.5, 0.6) is 5.75 Å². The van der Waals surface area contributed by atoms with E-state index in [1.165, 1.54) is 5.06 Å². The maximum Gasteiger partial charge on any atom is 0.251 e. The number of ether oxygens (including phenoxy) is 1. The highest BCUT2D eigenvalue weighted by Gasteiger charge is 2.48. The number of carbonyl (C=O) groups is 2. The zero-order valence-electron chi connectivity index (χ0n) is 24.5. The van der Waals surface area contributed by atoms with Crippen molar-refractivity contribution in [1.29, 1.82) is 0 Å². The quantitative estimate of drug-likeness (QED) is 0.258. The largest absolute Gasteiger partial charge is 0.496 e. The number of hydroxylamine groups is 2. The van der Waals surface area contributed by atoms with Crippen molar-refractivity contribution in [3.63, 3.8) is 0 Å². The lowest BCUT2D eigenvalue weighted by atomic mass is 9.89. The predicted molar refractivity (Wildman–Crippen MR) is 161 cm³/mol. The zero-order chi connectivity index (χ0) is 30.4. The SMILES string of the molecule is COc1c(CN2O[C@@H](CO)[C@H]([C@H](C)O)[C@H]2C(N)=O)cccc1-c1cc(C(=O)NCCc2ccccc2)cc(N(C)C)c1. The van der Waals surface area contributed by atoms with Gasteiger partial charge in [0.25, 0.3) is 5.91 Å². The number of hydrogen-bond acceptors (Lipinski definition) is 8. The molecule has 0 aromatic heterocycles. The molecule has 3 aromatic rings. The highest BCUT2D eigenvalue weighted by Crippen LogP contribution is 2.38. The molecule has 0 aliphatic carbocycles. The van der Waals surface area contributed by atoms with Crippen molar-refractivity contribution in [2.24, 2.45) is 11.7 Å². The normalized spacial score (nSPS) is 19.3. The van der Waals surface area contributed by atoms with E-state index >= 15 is 0 Å². The lowest BCUT2D eigenvalue weighted by Crippen LogP contribution is -2.47. The minimum atomic E-state index is -0.946. The van der Waals surface area contributed by atoms with E-state index < -0.39 is 30.1 Å². The van der Waals surface area contributed by atoms with E-state index in [1.54, 1.807) is 14.0 Å². The summed E-state index contributed by atoms with van der Waals surface area (Å²) < 4.78 is 5.87. The first-order chi connectivity index (χ1) is 20.1. The molecule has 0 radical (unpaired) electrons. The number of carbonyl (C=O) groups excluding carboxylic acids is 2. The summed E-state index contributed by atoms with van der Waals surface area (Å²) in [5.41, 5.74) is 10.4. The number of methoxy groups -OCH3 is 1. The third-order valence-electron chi connectivity index (χ3n) is 7.58. The number of aliphatic hydroxyl groups is 2. The van der Waals surface area contributed by atoms with E-state index in [9.17, 15) is 19.8 Å². The number of para-hydroxylation sites is 1. The van der Waals surface area contributed by atoms with Crippen molar-refractivity contribution in [1.82, 2.24) is 10.4 Å². The van der Waals surface area contributed by atoms with Gasteiger partial charge in [-0.25, -0.2) is 0 Å². The Hall–Kier alpha value is -3.96. The van der Waals surface area contributed by atoms with Gasteiger partial charge in [0.05, 0.1) is 26.4 Å². The first kappa shape index (κ1) is 31.0. The van der Waals surface area contributed by atoms with Crippen molar-refractivity contribution in [2.45, 2.75) is 38.1 Å². The van der Waals surface area contributed by atoms with Crippen LogP contribution >= 0.6 is 0 Å². The Morgan fingerprint density at radius 3 is 2.48 bits per heavy atom. The average molecular weight is 577 g/mol. The molecule has 5 N–H and O–H groups in total. The molecule has 0 saturated carbocycles. The molecule has 0 bridgehead atoms. The fourth-order valence-electron chi connectivity index (χ4n) is 5.47. The van der Waals surface area contributed by atoms with Crippen LogP contribution in [0.3, 0.4) is 0 Å². The summed E-state index contributed by atoms with van der Waals surface area (Å²) in [4.78, 5) is 33.5. The Balaban J connectivity index is 1.64. The van der Waals surface area contributed by atoms with Crippen molar-refractivity contribution in [2.75, 3.05) is 39.3 Å². The van der Waals surface area contributed by atoms with Gasteiger partial charge >= 0.3 is 0 Å². The fraction of sp³-hybridized carbons (Fsp3) is 0.375. The smallest absolute Gasteiger partial charge is 0.251 e. The first-order valence-electron chi connectivity index (χ1n) is 14.0. The number of nitrogens with two attached hydrogens (primary N) is 1. The van der Waals surface area contributed by atoms with Crippen LogP contribution in [0.1, 0.15) is 28.4 Å². The Labute approximate surface area is 246 Å². The van der Waals surface area contributed by atoms with Crippen LogP contribution in [0.25, 0.3) is 11.1 Å². The molecule has 3 aromatic carbocycles. The molecule has 224 valence electrons. The molecule has 0 spiro atoms. The standard InChI is InChI=1S/C32H40N4O6/c1-20(38)28-27(19-37)42-36(29(28)31(33)39)18-22-11-8-12-26(30(22)41-4)23-15-24(17-25(16-23)35(2)3)32(40)34-14-13-21-9-6-5-7-10-21/h5-12,15-17,20,27-29,37-38H,13-14,18-19H2,1-4H3,(H2,33,39)(H,34,40)/t20-,27-,28-,29-/m0/s1. The number of hydrogen-bond donors (Lipinski definition) is 4. The second kappa shape index (κ2) is 13.8. The van der Waals surface area contributed by atoms with Crippen LogP contribution in [0.4, 0.5) is 5.69 Å². The number of anilines is 1. The molecular formula is C32H40N4O6. The Kier molecular flexibility index (Phi) is 10.2. The second-order valence-electron chi connectivity index (χ2n) is 10.7. The first-order valence-corrected chi connectivity index (χ1v) is 14.0. The van der Waals surface area contributed by atoms with Gasteiger partial charge in [-0.1, -0.05) is 48.5 Å². The summed E-state index contributed by atoms with van der Waals surface area (Å²) >= 11 is 0. The summed E-state index contributed by atoms with van der Waals surface area (Å²) in [6.45, 7) is 1.79. The third-order valence-corrected chi connectivity index (χ3v) is 7.58. The van der Waals surface area contributed by atoms with Gasteiger partial charge in [0.15, 0.2) is 0 Å². The molecule has 0 unspecified atom stereocenters. The van der Waals surface area contributed by atoms with E-state index in [-0.39, 0.29) is 19.1 Å². The maximum absolute atomic E-state index is 13.2. The van der Waals surface area contributed by atoms with Gasteiger partial charge in [0.2, 0.25) is 5.91 Å². The van der Waals surface area contributed by atoms with Crippen LogP contribution in [0.2, 0.25) is 0 Å². The number of aliphatic hydroxyl groups excluding tert-OH is 2. The fourth-order valence-corrected chi connectivity index (χ4v) is 5.47. The maximum atomic E-state index is 13.2. The minimum absolute atomic E-state index is 0.116. The second-order valence-corrected chi connectivity index (χ2v) is 10.7. The monoisotopic (exact) mass is 576 g/mol. The van der Waals surface area contributed by atoms with E-state index in [2.05, 4.69) is 5.32 Å². The molecular weight excluding hydrogens is 536 g/mol. The van der Waals surface area contributed by atoms with Crippen molar-refractivity contribution in [3.8, 4) is 16.9 Å². The van der Waals surface area contributed by atoms with Crippen LogP contribution in [0.15, 0.2) is 66.7 Å². The van der Waals surface area contributed by atoms with E-state index in [1.807, 2.05) is 85.7 Å². The zero-order valence-corrected chi connectivity index (χ0v) is 24.5. The minimum Gasteiger partial charge on any atom is -0.496 e. The van der Waals surface area contributed by atoms with Gasteiger partial charge in [-0.05, 0) is 42.7 Å². The van der Waals surface area contributed by atoms with Crippen LogP contribution in [-0.2, 0) is 22.6 Å². The highest BCUT2D eigenvalue weighted by atomic mass is 16.7. The van der Waals surface area contributed by atoms with Gasteiger partial charge in [0, 0.05) is 48.9 Å². The van der Waals surface area contributed by atoms with Gasteiger partial charge in [-0.2, -0.15) is 5.06 Å². The molecule has 10 heteroatoms. The summed E-state index contributed by atoms with van der Waals surface area (Å²) in [7, 11) is 5.38. The van der Waals surface area contributed by atoms with Crippen LogP contribution in [-0.4, -0.2) is 79.7 Å². The van der Waals surface area contributed by atoms with Gasteiger partial charge in [-0.3, -0.25) is 14.4 Å². The molecule has 4 atom stereocenters. The molecule has 1 fully saturated rings. The lowest BCUT2D eigenvalue weighted by molar-refractivity contribution is -0.181. The molecule has 1 aliphatic heterocycles. The van der Waals surface area contributed by atoms with Gasteiger partial charge in [-0.15, -0.1) is 0 Å². The Bertz CT molecular complexity index is 1380. The number of amides is 2. The average Bonchev–Trinajstić information content (AvgIpc) is 3.36. The topological polar surface area (TPSA) is 138 Å². The third kappa shape index (κ3) is 6.91. The molecule has 1 heterocycles. The van der Waals surface area contributed by atoms with Crippen molar-refractivity contribution in [3.05, 3.63) is 83.4 Å². The molecule has 1 aliphatic rings. The summed E-state index contributed by atoms with van der Waals surface area (Å²) in [6, 6.07) is 20.3. The lowest BCUT2D eigenvalue weighted by Gasteiger charge is -2.25. The van der Waals surface area contributed by atoms with Gasteiger partial charge < -0.3 is 30.9 Å². The van der Waals surface area contributed by atoms with Gasteiger partial charge in [0.1, 0.15) is 17.9 Å². The number of primary amides is 1. The summed E-state index contributed by atoms with van der Waals surface area (Å²) in [5, 5.41) is 24.6. The summed E-state index contributed by atoms with van der Waals surface area (Å²) in [5.74, 6) is -0.994. The Morgan fingerprint density at radius 2 is 1.86 bits per heavy atom. The van der Waals surface area contributed by atoms with Crippen molar-refractivity contribution < 1.29 is 29.4 Å². The number of benzene rings is 3. The molecule has 4 rings (SSSR count). The predicted octanol–water partition coefficient (Wildman–Crippen LogP) is 2.36. The molecule has 10 nitrogen and oxygen atoms in total. The summed E-state index contributed by atoms with van der Waals surface area (Å²) in [6.07, 6.45) is -0.985. The van der Waals surface area contributed by atoms with E-state index in [0.717, 1.165) is 28.8 Å². The molecule has 2 amide bonds.